The maximum Gasteiger partial charge on any atom is 0.410 e. The van der Waals surface area contributed by atoms with Crippen LogP contribution in [0.4, 0.5) is 4.79 Å². The fraction of sp³-hybridized carbons (Fsp3) is 0.280. The second-order valence-electron chi connectivity index (χ2n) is 7.92. The fourth-order valence-electron chi connectivity index (χ4n) is 4.61. The predicted octanol–water partition coefficient (Wildman–Crippen LogP) is 5.13. The number of carbonyl (C=O) groups is 1. The van der Waals surface area contributed by atoms with Gasteiger partial charge in [0.15, 0.2) is 0 Å². The number of amides is 1. The van der Waals surface area contributed by atoms with Crippen LogP contribution in [0.15, 0.2) is 66.7 Å². The van der Waals surface area contributed by atoms with Gasteiger partial charge in [0.05, 0.1) is 11.7 Å². The van der Waals surface area contributed by atoms with Gasteiger partial charge >= 0.3 is 6.09 Å². The van der Waals surface area contributed by atoms with Gasteiger partial charge in [0, 0.05) is 31.2 Å². The lowest BCUT2D eigenvalue weighted by Crippen LogP contribution is -2.49. The van der Waals surface area contributed by atoms with Crippen molar-refractivity contribution in [2.75, 3.05) is 26.2 Å². The van der Waals surface area contributed by atoms with Crippen LogP contribution < -0.4 is 5.32 Å². The predicted molar refractivity (Wildman–Crippen MR) is 131 cm³/mol. The van der Waals surface area contributed by atoms with Crippen molar-refractivity contribution in [3.63, 3.8) is 0 Å². The van der Waals surface area contributed by atoms with Crippen LogP contribution in [-0.4, -0.2) is 42.2 Å². The summed E-state index contributed by atoms with van der Waals surface area (Å²) in [6.45, 7) is 4.35. The molecule has 1 aliphatic heterocycles. The van der Waals surface area contributed by atoms with E-state index in [4.69, 9.17) is 4.74 Å². The minimum Gasteiger partial charge on any atom is -0.448 e. The average molecular weight is 472 g/mol. The van der Waals surface area contributed by atoms with Crippen molar-refractivity contribution in [3.05, 3.63) is 89.2 Å². The van der Waals surface area contributed by atoms with Crippen molar-refractivity contribution >= 4 is 30.9 Å². The molecule has 1 atom stereocenters. The number of benzene rings is 2. The molecular formula is C25H27Cl2N3O2. The molecule has 168 valence electrons. The quantitative estimate of drug-likeness (QED) is 0.575. The third-order valence-corrected chi connectivity index (χ3v) is 6.07. The van der Waals surface area contributed by atoms with Gasteiger partial charge in [0.25, 0.3) is 0 Å². The zero-order chi connectivity index (χ0) is 20.5. The van der Waals surface area contributed by atoms with Gasteiger partial charge in [-0.1, -0.05) is 54.6 Å². The fourth-order valence-corrected chi connectivity index (χ4v) is 4.61. The molecule has 2 aliphatic rings. The Labute approximate surface area is 201 Å². The van der Waals surface area contributed by atoms with Crippen LogP contribution in [0.3, 0.4) is 0 Å². The number of hydrogen-bond acceptors (Lipinski definition) is 4. The van der Waals surface area contributed by atoms with E-state index in [0.717, 1.165) is 17.9 Å². The summed E-state index contributed by atoms with van der Waals surface area (Å²) in [5.74, 6) is 0.0693. The summed E-state index contributed by atoms with van der Waals surface area (Å²) >= 11 is 0. The Morgan fingerprint density at radius 3 is 2.31 bits per heavy atom. The zero-order valence-corrected chi connectivity index (χ0v) is 19.5. The molecule has 1 unspecified atom stereocenters. The molecule has 32 heavy (non-hydrogen) atoms. The van der Waals surface area contributed by atoms with Crippen LogP contribution in [0, 0.1) is 6.92 Å². The number of piperazine rings is 1. The standard InChI is InChI=1S/C25H25N3O2.2ClH/c1-17-7-6-12-23(27-17)24-15-26-13-14-28(24)25(29)30-16-22-20-10-4-2-8-18(20)19-9-3-5-11-21(19)22;;/h2-12,22,24,26H,13-16H2,1H3;2*1H. The second kappa shape index (κ2) is 10.3. The molecule has 1 fully saturated rings. The molecule has 5 rings (SSSR count). The Kier molecular flexibility index (Phi) is 7.77. The smallest absolute Gasteiger partial charge is 0.410 e. The summed E-state index contributed by atoms with van der Waals surface area (Å²) in [4.78, 5) is 19.5. The van der Waals surface area contributed by atoms with E-state index in [1.807, 2.05) is 30.0 Å². The van der Waals surface area contributed by atoms with E-state index in [1.165, 1.54) is 22.3 Å². The lowest BCUT2D eigenvalue weighted by Gasteiger charge is -2.35. The number of halogens is 2. The van der Waals surface area contributed by atoms with Crippen LogP contribution >= 0.6 is 24.8 Å². The van der Waals surface area contributed by atoms with Gasteiger partial charge in [-0.3, -0.25) is 9.88 Å². The Bertz CT molecular complexity index is 1050. The number of hydrogen-bond donors (Lipinski definition) is 1. The minimum atomic E-state index is -0.272. The number of fused-ring (bicyclic) bond motifs is 3. The van der Waals surface area contributed by atoms with Gasteiger partial charge in [-0.2, -0.15) is 0 Å². The van der Waals surface area contributed by atoms with E-state index in [-0.39, 0.29) is 42.9 Å². The number of nitrogens with one attached hydrogen (secondary N) is 1. The number of rotatable bonds is 3. The minimum absolute atomic E-state index is 0. The highest BCUT2D eigenvalue weighted by Crippen LogP contribution is 2.44. The first kappa shape index (κ1) is 24.1. The topological polar surface area (TPSA) is 54.5 Å². The Morgan fingerprint density at radius 1 is 1.00 bits per heavy atom. The molecule has 1 aliphatic carbocycles. The monoisotopic (exact) mass is 471 g/mol. The third-order valence-electron chi connectivity index (χ3n) is 6.07. The summed E-state index contributed by atoms with van der Waals surface area (Å²) in [5, 5.41) is 3.37. The molecule has 1 saturated heterocycles. The summed E-state index contributed by atoms with van der Waals surface area (Å²) < 4.78 is 5.89. The van der Waals surface area contributed by atoms with Crippen LogP contribution in [-0.2, 0) is 4.74 Å². The highest BCUT2D eigenvalue weighted by molar-refractivity contribution is 5.85. The van der Waals surface area contributed by atoms with Gasteiger partial charge in [-0.05, 0) is 41.3 Å². The van der Waals surface area contributed by atoms with E-state index >= 15 is 0 Å². The van der Waals surface area contributed by atoms with E-state index < -0.39 is 0 Å². The van der Waals surface area contributed by atoms with E-state index in [9.17, 15) is 4.79 Å². The summed E-state index contributed by atoms with van der Waals surface area (Å²) in [7, 11) is 0. The van der Waals surface area contributed by atoms with Crippen molar-refractivity contribution < 1.29 is 9.53 Å². The molecule has 2 heterocycles. The first-order chi connectivity index (χ1) is 14.7. The summed E-state index contributed by atoms with van der Waals surface area (Å²) in [6.07, 6.45) is -0.272. The number of pyridine rings is 1. The summed E-state index contributed by atoms with van der Waals surface area (Å²) in [5.41, 5.74) is 6.77. The maximum atomic E-state index is 13.1. The van der Waals surface area contributed by atoms with Gasteiger partial charge < -0.3 is 10.1 Å². The Hall–Kier alpha value is -2.60. The maximum absolute atomic E-state index is 13.1. The van der Waals surface area contributed by atoms with Gasteiger partial charge in [0.1, 0.15) is 6.61 Å². The SMILES string of the molecule is Cc1cccc(C2CNCCN2C(=O)OCC2c3ccccc3-c3ccccc32)n1.Cl.Cl. The number of aromatic nitrogens is 1. The number of ether oxygens (including phenoxy) is 1. The highest BCUT2D eigenvalue weighted by atomic mass is 35.5. The molecule has 1 N–H and O–H groups in total. The van der Waals surface area contributed by atoms with Crippen molar-refractivity contribution in [2.24, 2.45) is 0 Å². The first-order valence-corrected chi connectivity index (χ1v) is 10.5. The van der Waals surface area contributed by atoms with Crippen LogP contribution in [0.25, 0.3) is 11.1 Å². The molecule has 1 aromatic heterocycles. The van der Waals surface area contributed by atoms with Crippen molar-refractivity contribution in [1.82, 2.24) is 15.2 Å². The normalized spacial score (nSPS) is 16.9. The number of carbonyl (C=O) groups excluding carboxylic acids is 1. The van der Waals surface area contributed by atoms with Gasteiger partial charge in [0.2, 0.25) is 0 Å². The van der Waals surface area contributed by atoms with Crippen LogP contribution in [0.2, 0.25) is 0 Å². The molecule has 0 radical (unpaired) electrons. The van der Waals surface area contributed by atoms with Crippen molar-refractivity contribution in [1.29, 1.82) is 0 Å². The lowest BCUT2D eigenvalue weighted by molar-refractivity contribution is 0.0743. The molecule has 3 aromatic rings. The van der Waals surface area contributed by atoms with Crippen molar-refractivity contribution in [2.45, 2.75) is 18.9 Å². The van der Waals surface area contributed by atoms with E-state index in [1.54, 1.807) is 0 Å². The van der Waals surface area contributed by atoms with E-state index in [0.29, 0.717) is 19.7 Å². The first-order valence-electron chi connectivity index (χ1n) is 10.5. The zero-order valence-electron chi connectivity index (χ0n) is 17.9. The van der Waals surface area contributed by atoms with E-state index in [2.05, 4.69) is 58.8 Å². The lowest BCUT2D eigenvalue weighted by atomic mass is 9.98. The summed E-state index contributed by atoms with van der Waals surface area (Å²) in [6, 6.07) is 22.6. The third kappa shape index (κ3) is 4.46. The second-order valence-corrected chi connectivity index (χ2v) is 7.92. The molecule has 1 amide bonds. The molecular weight excluding hydrogens is 445 g/mol. The molecule has 5 nitrogen and oxygen atoms in total. The molecule has 7 heteroatoms. The van der Waals surface area contributed by atoms with Crippen molar-refractivity contribution in [3.8, 4) is 11.1 Å². The van der Waals surface area contributed by atoms with Crippen LogP contribution in [0.5, 0.6) is 0 Å². The highest BCUT2D eigenvalue weighted by Gasteiger charge is 2.33. The average Bonchev–Trinajstić information content (AvgIpc) is 3.11. The molecule has 0 bridgehead atoms. The van der Waals surface area contributed by atoms with Crippen LogP contribution in [0.1, 0.15) is 34.5 Å². The largest absolute Gasteiger partial charge is 0.448 e. The Balaban J connectivity index is 0.00000144. The molecule has 0 spiro atoms. The molecule has 2 aromatic carbocycles. The Morgan fingerprint density at radius 2 is 1.66 bits per heavy atom. The van der Waals surface area contributed by atoms with Gasteiger partial charge in [-0.15, -0.1) is 24.8 Å². The number of aryl methyl sites for hydroxylation is 1. The molecule has 0 saturated carbocycles. The number of nitrogens with zero attached hydrogens (tertiary/aromatic N) is 2. The van der Waals surface area contributed by atoms with Gasteiger partial charge in [-0.25, -0.2) is 4.79 Å².